The van der Waals surface area contributed by atoms with Crippen LogP contribution in [0.3, 0.4) is 0 Å². The molecule has 9 heteroatoms. The van der Waals surface area contributed by atoms with E-state index in [2.05, 4.69) is 15.3 Å². The van der Waals surface area contributed by atoms with Crippen molar-refractivity contribution in [1.29, 1.82) is 0 Å². The Morgan fingerprint density at radius 2 is 2.05 bits per heavy atom. The van der Waals surface area contributed by atoms with Crippen molar-refractivity contribution in [1.82, 2.24) is 15.3 Å². The molecular formula is C13H13FN4O3S. The predicted molar refractivity (Wildman–Crippen MR) is 75.7 cm³/mol. The summed E-state index contributed by atoms with van der Waals surface area (Å²) in [6.07, 6.45) is 3.01. The Balaban J connectivity index is 2.17. The summed E-state index contributed by atoms with van der Waals surface area (Å²) in [5, 5.41) is 7.39. The molecule has 0 atom stereocenters. The zero-order valence-corrected chi connectivity index (χ0v) is 12.4. The SMILES string of the molecule is Cc1cnc(CNC(=O)c2cc(S(N)(=O)=O)ccc2F)cn1. The van der Waals surface area contributed by atoms with Gasteiger partial charge in [-0.1, -0.05) is 0 Å². The fraction of sp³-hybridized carbons (Fsp3) is 0.154. The molecule has 1 aromatic carbocycles. The lowest BCUT2D eigenvalue weighted by atomic mass is 10.2. The van der Waals surface area contributed by atoms with Gasteiger partial charge in [0.1, 0.15) is 5.82 Å². The van der Waals surface area contributed by atoms with Crippen LogP contribution in [0, 0.1) is 12.7 Å². The van der Waals surface area contributed by atoms with E-state index in [0.717, 1.165) is 23.9 Å². The van der Waals surface area contributed by atoms with Crippen molar-refractivity contribution in [2.45, 2.75) is 18.4 Å². The number of carbonyl (C=O) groups excluding carboxylic acids is 1. The highest BCUT2D eigenvalue weighted by Crippen LogP contribution is 2.14. The summed E-state index contributed by atoms with van der Waals surface area (Å²) in [6, 6.07) is 2.76. The number of carbonyl (C=O) groups is 1. The Morgan fingerprint density at radius 3 is 2.64 bits per heavy atom. The lowest BCUT2D eigenvalue weighted by Gasteiger charge is -2.07. The normalized spacial score (nSPS) is 11.2. The number of benzene rings is 1. The molecule has 22 heavy (non-hydrogen) atoms. The van der Waals surface area contributed by atoms with Crippen LogP contribution < -0.4 is 10.5 Å². The third kappa shape index (κ3) is 3.83. The van der Waals surface area contributed by atoms with Gasteiger partial charge in [0.15, 0.2) is 0 Å². The topological polar surface area (TPSA) is 115 Å². The van der Waals surface area contributed by atoms with E-state index in [1.807, 2.05) is 0 Å². The van der Waals surface area contributed by atoms with Crippen molar-refractivity contribution in [2.75, 3.05) is 0 Å². The molecule has 0 spiro atoms. The van der Waals surface area contributed by atoms with Crippen LogP contribution in [0.15, 0.2) is 35.5 Å². The number of aromatic nitrogens is 2. The third-order valence-electron chi connectivity index (χ3n) is 2.78. The molecule has 1 heterocycles. The molecular weight excluding hydrogens is 311 g/mol. The zero-order valence-electron chi connectivity index (χ0n) is 11.6. The van der Waals surface area contributed by atoms with Gasteiger partial charge in [-0.3, -0.25) is 14.8 Å². The number of halogens is 1. The molecule has 2 aromatic rings. The molecule has 2 rings (SSSR count). The maximum atomic E-state index is 13.7. The Labute approximate surface area is 126 Å². The van der Waals surface area contributed by atoms with Crippen LogP contribution in [0.5, 0.6) is 0 Å². The highest BCUT2D eigenvalue weighted by molar-refractivity contribution is 7.89. The number of aryl methyl sites for hydroxylation is 1. The van der Waals surface area contributed by atoms with Crippen molar-refractivity contribution in [3.63, 3.8) is 0 Å². The summed E-state index contributed by atoms with van der Waals surface area (Å²) < 4.78 is 36.1. The molecule has 0 bridgehead atoms. The van der Waals surface area contributed by atoms with E-state index in [1.54, 1.807) is 6.92 Å². The van der Waals surface area contributed by atoms with Gasteiger partial charge in [-0.15, -0.1) is 0 Å². The molecule has 0 saturated heterocycles. The van der Waals surface area contributed by atoms with Gasteiger partial charge in [0, 0.05) is 6.20 Å². The van der Waals surface area contributed by atoms with Crippen molar-refractivity contribution in [3.8, 4) is 0 Å². The van der Waals surface area contributed by atoms with Gasteiger partial charge in [0.05, 0.1) is 34.6 Å². The number of sulfonamides is 1. The molecule has 7 nitrogen and oxygen atoms in total. The van der Waals surface area contributed by atoms with Gasteiger partial charge in [-0.2, -0.15) is 0 Å². The molecule has 1 amide bonds. The van der Waals surface area contributed by atoms with Gasteiger partial charge < -0.3 is 5.32 Å². The van der Waals surface area contributed by atoms with Crippen LogP contribution in [0.4, 0.5) is 4.39 Å². The van der Waals surface area contributed by atoms with E-state index in [-0.39, 0.29) is 11.4 Å². The Morgan fingerprint density at radius 1 is 1.32 bits per heavy atom. The molecule has 3 N–H and O–H groups in total. The minimum absolute atomic E-state index is 0.0329. The standard InChI is InChI=1S/C13H13FN4O3S/c1-8-5-17-9(6-16-8)7-18-13(19)11-4-10(22(15,20)21)2-3-12(11)14/h2-6H,7H2,1H3,(H,18,19)(H2,15,20,21). The number of amides is 1. The molecule has 0 aliphatic rings. The Bertz CT molecular complexity index is 807. The molecule has 1 aromatic heterocycles. The average Bonchev–Trinajstić information content (AvgIpc) is 2.45. The van der Waals surface area contributed by atoms with Crippen molar-refractivity contribution in [3.05, 3.63) is 53.4 Å². The van der Waals surface area contributed by atoms with Gasteiger partial charge in [-0.05, 0) is 25.1 Å². The molecule has 0 fully saturated rings. The molecule has 0 radical (unpaired) electrons. The fourth-order valence-electron chi connectivity index (χ4n) is 1.63. The largest absolute Gasteiger partial charge is 0.346 e. The van der Waals surface area contributed by atoms with Gasteiger partial charge >= 0.3 is 0 Å². The van der Waals surface area contributed by atoms with Crippen LogP contribution >= 0.6 is 0 Å². The minimum atomic E-state index is -4.02. The second-order valence-corrected chi connectivity index (χ2v) is 6.08. The van der Waals surface area contributed by atoms with Gasteiger partial charge in [0.25, 0.3) is 5.91 Å². The summed E-state index contributed by atoms with van der Waals surface area (Å²) in [6.45, 7) is 1.80. The molecule has 0 aliphatic carbocycles. The summed E-state index contributed by atoms with van der Waals surface area (Å²) >= 11 is 0. The molecule has 0 aliphatic heterocycles. The smallest absolute Gasteiger partial charge is 0.254 e. The summed E-state index contributed by atoms with van der Waals surface area (Å²) in [5.41, 5.74) is 0.801. The number of hydrogen-bond acceptors (Lipinski definition) is 5. The van der Waals surface area contributed by atoms with E-state index in [0.29, 0.717) is 5.69 Å². The number of nitrogens with two attached hydrogens (primary N) is 1. The van der Waals surface area contributed by atoms with Crippen molar-refractivity contribution >= 4 is 15.9 Å². The first kappa shape index (κ1) is 16.0. The maximum absolute atomic E-state index is 13.7. The highest BCUT2D eigenvalue weighted by atomic mass is 32.2. The number of primary sulfonamides is 1. The first-order valence-electron chi connectivity index (χ1n) is 6.15. The van der Waals surface area contributed by atoms with Crippen LogP contribution in [0.1, 0.15) is 21.7 Å². The van der Waals surface area contributed by atoms with Crippen LogP contribution in [0.25, 0.3) is 0 Å². The van der Waals surface area contributed by atoms with Crippen molar-refractivity contribution in [2.24, 2.45) is 5.14 Å². The zero-order chi connectivity index (χ0) is 16.3. The quantitative estimate of drug-likeness (QED) is 0.850. The van der Waals surface area contributed by atoms with Crippen molar-refractivity contribution < 1.29 is 17.6 Å². The first-order chi connectivity index (χ1) is 10.3. The lowest BCUT2D eigenvalue weighted by molar-refractivity contribution is 0.0946. The Hall–Kier alpha value is -2.39. The summed E-state index contributed by atoms with van der Waals surface area (Å²) in [4.78, 5) is 19.7. The number of nitrogens with zero attached hydrogens (tertiary/aromatic N) is 2. The van der Waals surface area contributed by atoms with E-state index in [1.165, 1.54) is 12.4 Å². The minimum Gasteiger partial charge on any atom is -0.346 e. The highest BCUT2D eigenvalue weighted by Gasteiger charge is 2.16. The van der Waals surface area contributed by atoms with E-state index >= 15 is 0 Å². The van der Waals surface area contributed by atoms with Gasteiger partial charge in [-0.25, -0.2) is 17.9 Å². The molecule has 116 valence electrons. The van der Waals surface area contributed by atoms with Gasteiger partial charge in [0.2, 0.25) is 10.0 Å². The average molecular weight is 324 g/mol. The lowest BCUT2D eigenvalue weighted by Crippen LogP contribution is -2.25. The monoisotopic (exact) mass is 324 g/mol. The molecule has 0 saturated carbocycles. The number of rotatable bonds is 4. The maximum Gasteiger partial charge on any atom is 0.254 e. The summed E-state index contributed by atoms with van der Waals surface area (Å²) in [5.74, 6) is -1.62. The van der Waals surface area contributed by atoms with E-state index in [4.69, 9.17) is 5.14 Å². The van der Waals surface area contributed by atoms with Crippen LogP contribution in [-0.2, 0) is 16.6 Å². The Kier molecular flexibility index (Phi) is 4.48. The fourth-order valence-corrected chi connectivity index (χ4v) is 2.17. The number of nitrogens with one attached hydrogen (secondary N) is 1. The first-order valence-corrected chi connectivity index (χ1v) is 7.70. The van der Waals surface area contributed by atoms with E-state index < -0.39 is 27.3 Å². The van der Waals surface area contributed by atoms with Crippen LogP contribution in [0.2, 0.25) is 0 Å². The molecule has 0 unspecified atom stereocenters. The second kappa shape index (κ2) is 6.16. The second-order valence-electron chi connectivity index (χ2n) is 4.52. The summed E-state index contributed by atoms with van der Waals surface area (Å²) in [7, 11) is -4.02. The van der Waals surface area contributed by atoms with E-state index in [9.17, 15) is 17.6 Å². The predicted octanol–water partition coefficient (Wildman–Crippen LogP) is 0.502. The third-order valence-corrected chi connectivity index (χ3v) is 3.69. The van der Waals surface area contributed by atoms with Crippen LogP contribution in [-0.4, -0.2) is 24.3 Å². The number of hydrogen-bond donors (Lipinski definition) is 2.